The zero-order valence-corrected chi connectivity index (χ0v) is 13.1. The van der Waals surface area contributed by atoms with Gasteiger partial charge in [0, 0.05) is 11.0 Å². The van der Waals surface area contributed by atoms with Crippen LogP contribution in [0, 0.1) is 0 Å². The largest absolute Gasteiger partial charge is 0.490 e. The lowest BCUT2D eigenvalue weighted by molar-refractivity contribution is 0.0593. The number of carbonyl (C=O) groups is 2. The van der Waals surface area contributed by atoms with Crippen molar-refractivity contribution in [1.82, 2.24) is 4.90 Å². The number of carbonyl (C=O) groups excluding carboxylic acids is 1. The molecular formula is C14H16BrNO5. The van der Waals surface area contributed by atoms with Crippen LogP contribution in [0.2, 0.25) is 0 Å². The van der Waals surface area contributed by atoms with Crippen LogP contribution in [0.5, 0.6) is 5.75 Å². The molecule has 0 aromatic heterocycles. The van der Waals surface area contributed by atoms with Gasteiger partial charge in [0.2, 0.25) is 0 Å². The van der Waals surface area contributed by atoms with E-state index in [0.717, 1.165) is 17.3 Å². The molecule has 0 spiro atoms. The van der Waals surface area contributed by atoms with E-state index in [1.165, 1.54) is 12.0 Å². The Morgan fingerprint density at radius 2 is 2.24 bits per heavy atom. The Balaban J connectivity index is 2.10. The molecule has 0 bridgehead atoms. The first kappa shape index (κ1) is 15.6. The molecule has 1 heterocycles. The first-order chi connectivity index (χ1) is 10.0. The third-order valence-corrected chi connectivity index (χ3v) is 3.90. The Hall–Kier alpha value is -1.76. The zero-order chi connectivity index (χ0) is 15.4. The number of amides is 1. The molecule has 1 amide bonds. The van der Waals surface area contributed by atoms with Gasteiger partial charge in [0.15, 0.2) is 0 Å². The number of benzene rings is 1. The van der Waals surface area contributed by atoms with Gasteiger partial charge in [0.1, 0.15) is 17.9 Å². The number of carboxylic acid groups (broad SMARTS) is 1. The van der Waals surface area contributed by atoms with Crippen LogP contribution in [0.4, 0.5) is 4.79 Å². The van der Waals surface area contributed by atoms with Gasteiger partial charge in [-0.3, -0.25) is 0 Å². The molecule has 114 valence electrons. The summed E-state index contributed by atoms with van der Waals surface area (Å²) < 4.78 is 11.1. The first-order valence-corrected chi connectivity index (χ1v) is 7.32. The van der Waals surface area contributed by atoms with E-state index in [1.807, 2.05) is 0 Å². The Morgan fingerprint density at radius 1 is 1.48 bits per heavy atom. The second kappa shape index (κ2) is 6.80. The minimum Gasteiger partial charge on any atom is -0.490 e. The molecule has 1 aliphatic rings. The van der Waals surface area contributed by atoms with E-state index in [1.54, 1.807) is 18.2 Å². The average molecular weight is 358 g/mol. The van der Waals surface area contributed by atoms with Crippen molar-refractivity contribution in [2.45, 2.75) is 18.9 Å². The number of methoxy groups -OCH3 is 1. The number of likely N-dealkylation sites (tertiary alicyclic amines) is 1. The van der Waals surface area contributed by atoms with Crippen molar-refractivity contribution in [2.75, 3.05) is 20.3 Å². The average Bonchev–Trinajstić information content (AvgIpc) is 2.93. The molecule has 1 atom stereocenters. The van der Waals surface area contributed by atoms with E-state index in [9.17, 15) is 9.59 Å². The van der Waals surface area contributed by atoms with Crippen LogP contribution in [0.15, 0.2) is 22.7 Å². The quantitative estimate of drug-likeness (QED) is 0.838. The van der Waals surface area contributed by atoms with Gasteiger partial charge in [-0.2, -0.15) is 0 Å². The summed E-state index contributed by atoms with van der Waals surface area (Å²) in [6.07, 6.45) is 0.639. The molecule has 6 nitrogen and oxygen atoms in total. The predicted molar refractivity (Wildman–Crippen MR) is 78.7 cm³/mol. The molecule has 1 fully saturated rings. The highest BCUT2D eigenvalue weighted by Gasteiger charge is 2.29. The number of nitrogens with zero attached hydrogens (tertiary/aromatic N) is 1. The van der Waals surface area contributed by atoms with Crippen LogP contribution in [-0.2, 0) is 4.74 Å². The van der Waals surface area contributed by atoms with Gasteiger partial charge in [-0.25, -0.2) is 9.59 Å². The lowest BCUT2D eigenvalue weighted by atomic mass is 10.2. The molecule has 0 unspecified atom stereocenters. The highest BCUT2D eigenvalue weighted by molar-refractivity contribution is 9.10. The summed E-state index contributed by atoms with van der Waals surface area (Å²) >= 11 is 3.32. The third kappa shape index (κ3) is 3.66. The molecule has 21 heavy (non-hydrogen) atoms. The van der Waals surface area contributed by atoms with E-state index in [2.05, 4.69) is 15.9 Å². The van der Waals surface area contributed by atoms with Crippen molar-refractivity contribution in [3.05, 3.63) is 28.2 Å². The van der Waals surface area contributed by atoms with Gasteiger partial charge in [0.05, 0.1) is 13.2 Å². The second-order valence-electron chi connectivity index (χ2n) is 4.72. The van der Waals surface area contributed by atoms with Crippen molar-refractivity contribution in [3.8, 4) is 5.75 Å². The number of hydrogen-bond donors (Lipinski definition) is 1. The fourth-order valence-electron chi connectivity index (χ4n) is 2.34. The molecular weight excluding hydrogens is 342 g/mol. The normalized spacial score (nSPS) is 17.6. The van der Waals surface area contributed by atoms with Gasteiger partial charge in [-0.05, 0) is 31.0 Å². The predicted octanol–water partition coefficient (Wildman–Crippen LogP) is 2.76. The minimum absolute atomic E-state index is 0.188. The molecule has 0 aliphatic carbocycles. The van der Waals surface area contributed by atoms with E-state index < -0.39 is 12.1 Å². The van der Waals surface area contributed by atoms with Gasteiger partial charge in [0.25, 0.3) is 0 Å². The summed E-state index contributed by atoms with van der Waals surface area (Å²) in [6.45, 7) is 0.735. The Morgan fingerprint density at radius 3 is 2.90 bits per heavy atom. The third-order valence-electron chi connectivity index (χ3n) is 3.40. The number of rotatable bonds is 4. The summed E-state index contributed by atoms with van der Waals surface area (Å²) in [5, 5.41) is 9.09. The van der Waals surface area contributed by atoms with E-state index in [-0.39, 0.29) is 12.6 Å². The maximum atomic E-state index is 11.7. The molecule has 0 saturated carbocycles. The van der Waals surface area contributed by atoms with Crippen molar-refractivity contribution >= 4 is 28.0 Å². The Bertz CT molecular complexity index is 548. The molecule has 2 rings (SSSR count). The van der Waals surface area contributed by atoms with Gasteiger partial charge >= 0.3 is 12.1 Å². The van der Waals surface area contributed by atoms with Crippen LogP contribution in [0.1, 0.15) is 23.2 Å². The highest BCUT2D eigenvalue weighted by Crippen LogP contribution is 2.26. The summed E-state index contributed by atoms with van der Waals surface area (Å²) in [6, 6.07) is 4.81. The van der Waals surface area contributed by atoms with Crippen LogP contribution >= 0.6 is 15.9 Å². The van der Waals surface area contributed by atoms with Gasteiger partial charge in [-0.1, -0.05) is 15.9 Å². The fourth-order valence-corrected chi connectivity index (χ4v) is 2.68. The summed E-state index contributed by atoms with van der Waals surface area (Å²) in [5.41, 5.74) is 0.320. The first-order valence-electron chi connectivity index (χ1n) is 6.53. The lowest BCUT2D eigenvalue weighted by Gasteiger charge is -2.22. The summed E-state index contributed by atoms with van der Waals surface area (Å²) in [4.78, 5) is 24.2. The van der Waals surface area contributed by atoms with E-state index in [0.29, 0.717) is 17.9 Å². The van der Waals surface area contributed by atoms with Gasteiger partial charge < -0.3 is 19.5 Å². The molecule has 1 aliphatic heterocycles. The number of halogens is 1. The smallest absolute Gasteiger partial charge is 0.407 e. The summed E-state index contributed by atoms with van der Waals surface area (Å²) in [7, 11) is 1.30. The van der Waals surface area contributed by atoms with Crippen LogP contribution < -0.4 is 4.74 Å². The van der Waals surface area contributed by atoms with Crippen molar-refractivity contribution in [3.63, 3.8) is 0 Å². The lowest BCUT2D eigenvalue weighted by Crippen LogP contribution is -2.38. The standard InChI is InChI=1S/C14H16BrNO5/c1-20-13(17)11-5-4-9(15)7-12(11)21-8-10-3-2-6-16(10)14(18)19/h4-5,7,10H,2-3,6,8H2,1H3,(H,18,19)/t10-/m0/s1. The molecule has 0 radical (unpaired) electrons. The molecule has 1 saturated heterocycles. The zero-order valence-electron chi connectivity index (χ0n) is 11.5. The van der Waals surface area contributed by atoms with Crippen molar-refractivity contribution < 1.29 is 24.2 Å². The fraction of sp³-hybridized carbons (Fsp3) is 0.429. The molecule has 1 aromatic rings. The van der Waals surface area contributed by atoms with Crippen LogP contribution in [-0.4, -0.2) is 48.4 Å². The van der Waals surface area contributed by atoms with E-state index in [4.69, 9.17) is 14.6 Å². The monoisotopic (exact) mass is 357 g/mol. The van der Waals surface area contributed by atoms with Crippen molar-refractivity contribution in [1.29, 1.82) is 0 Å². The Kier molecular flexibility index (Phi) is 5.06. The minimum atomic E-state index is -0.941. The molecule has 7 heteroatoms. The number of hydrogen-bond acceptors (Lipinski definition) is 4. The van der Waals surface area contributed by atoms with E-state index >= 15 is 0 Å². The number of ether oxygens (including phenoxy) is 2. The highest BCUT2D eigenvalue weighted by atomic mass is 79.9. The van der Waals surface area contributed by atoms with Crippen molar-refractivity contribution in [2.24, 2.45) is 0 Å². The maximum absolute atomic E-state index is 11.7. The second-order valence-corrected chi connectivity index (χ2v) is 5.63. The molecule has 1 N–H and O–H groups in total. The maximum Gasteiger partial charge on any atom is 0.407 e. The summed E-state index contributed by atoms with van der Waals surface area (Å²) in [5.74, 6) is -0.104. The van der Waals surface area contributed by atoms with Crippen LogP contribution in [0.3, 0.4) is 0 Å². The number of esters is 1. The van der Waals surface area contributed by atoms with Crippen LogP contribution in [0.25, 0.3) is 0 Å². The SMILES string of the molecule is COC(=O)c1ccc(Br)cc1OC[C@@H]1CCCN1C(=O)O. The van der Waals surface area contributed by atoms with Gasteiger partial charge in [-0.15, -0.1) is 0 Å². The molecule has 1 aromatic carbocycles. The Labute approximate surface area is 130 Å². The topological polar surface area (TPSA) is 76.1 Å².